The maximum Gasteiger partial charge on any atom is 0.410 e. The first-order valence-corrected chi connectivity index (χ1v) is 12.2. The van der Waals surface area contributed by atoms with Crippen molar-refractivity contribution in [3.63, 3.8) is 0 Å². The molecule has 190 valence electrons. The molecule has 6 heteroatoms. The Morgan fingerprint density at radius 1 is 0.914 bits per heavy atom. The standard InChI is InChI=1S/C29H39NO5/c1-17-10-12-20(13-11-17)23-19(3)22-16-30(27(33)35-29(7,8)9)15-14-21(22)18(2)24(23)25(26(31)32)34-28(4,5)6/h10-13,25H,14-16H2,1-9H3,(H,31,32). The highest BCUT2D eigenvalue weighted by Gasteiger charge is 2.35. The third-order valence-corrected chi connectivity index (χ3v) is 6.25. The molecule has 2 aromatic rings. The van der Waals surface area contributed by atoms with E-state index in [-0.39, 0.29) is 6.09 Å². The van der Waals surface area contributed by atoms with Crippen LogP contribution in [0.4, 0.5) is 4.79 Å². The lowest BCUT2D eigenvalue weighted by molar-refractivity contribution is -0.160. The maximum atomic E-state index is 12.8. The molecular weight excluding hydrogens is 442 g/mol. The number of rotatable bonds is 4. The molecule has 0 spiro atoms. The lowest BCUT2D eigenvalue weighted by Crippen LogP contribution is -2.40. The summed E-state index contributed by atoms with van der Waals surface area (Å²) in [5.41, 5.74) is 6.45. The first-order chi connectivity index (χ1) is 16.1. The van der Waals surface area contributed by atoms with Gasteiger partial charge in [0.1, 0.15) is 5.60 Å². The minimum atomic E-state index is -1.11. The van der Waals surface area contributed by atoms with E-state index in [0.29, 0.717) is 25.1 Å². The number of ether oxygens (including phenoxy) is 2. The van der Waals surface area contributed by atoms with Crippen molar-refractivity contribution in [3.8, 4) is 11.1 Å². The molecule has 6 nitrogen and oxygen atoms in total. The Morgan fingerprint density at radius 2 is 1.51 bits per heavy atom. The highest BCUT2D eigenvalue weighted by atomic mass is 16.6. The fourth-order valence-electron chi connectivity index (χ4n) is 4.71. The zero-order valence-electron chi connectivity index (χ0n) is 22.5. The summed E-state index contributed by atoms with van der Waals surface area (Å²) in [6.45, 7) is 18.2. The molecule has 0 saturated heterocycles. The van der Waals surface area contributed by atoms with E-state index in [1.807, 2.05) is 86.6 Å². The van der Waals surface area contributed by atoms with Gasteiger partial charge in [-0.15, -0.1) is 0 Å². The van der Waals surface area contributed by atoms with Gasteiger partial charge >= 0.3 is 12.1 Å². The first-order valence-electron chi connectivity index (χ1n) is 12.2. The van der Waals surface area contributed by atoms with Gasteiger partial charge in [-0.25, -0.2) is 9.59 Å². The summed E-state index contributed by atoms with van der Waals surface area (Å²) in [7, 11) is 0. The van der Waals surface area contributed by atoms with Crippen molar-refractivity contribution >= 4 is 12.1 Å². The van der Waals surface area contributed by atoms with Crippen LogP contribution in [0.15, 0.2) is 24.3 Å². The van der Waals surface area contributed by atoms with Gasteiger partial charge in [-0.2, -0.15) is 0 Å². The molecule has 1 unspecified atom stereocenters. The quantitative estimate of drug-likeness (QED) is 0.538. The smallest absolute Gasteiger partial charge is 0.410 e. The number of hydrogen-bond donors (Lipinski definition) is 1. The fraction of sp³-hybridized carbons (Fsp3) is 0.517. The van der Waals surface area contributed by atoms with Gasteiger partial charge in [0.05, 0.1) is 5.60 Å². The van der Waals surface area contributed by atoms with Crippen LogP contribution in [-0.2, 0) is 27.2 Å². The van der Waals surface area contributed by atoms with Gasteiger partial charge in [-0.3, -0.25) is 0 Å². The molecule has 1 aliphatic heterocycles. The van der Waals surface area contributed by atoms with Gasteiger partial charge in [0.25, 0.3) is 0 Å². The second kappa shape index (κ2) is 9.65. The first kappa shape index (κ1) is 26.7. The monoisotopic (exact) mass is 481 g/mol. The number of amides is 1. The number of carbonyl (C=O) groups excluding carboxylic acids is 1. The van der Waals surface area contributed by atoms with Crippen LogP contribution in [0.5, 0.6) is 0 Å². The average Bonchev–Trinajstić information content (AvgIpc) is 2.73. The molecule has 1 N–H and O–H groups in total. The van der Waals surface area contributed by atoms with Gasteiger partial charge in [-0.1, -0.05) is 29.8 Å². The topological polar surface area (TPSA) is 76.1 Å². The number of benzene rings is 2. The number of aliphatic carboxylic acids is 1. The molecule has 0 bridgehead atoms. The van der Waals surface area contributed by atoms with Crippen molar-refractivity contribution in [1.82, 2.24) is 4.90 Å². The molecule has 1 amide bonds. The van der Waals surface area contributed by atoms with E-state index in [0.717, 1.165) is 38.9 Å². The van der Waals surface area contributed by atoms with Crippen LogP contribution in [0.1, 0.15) is 81.0 Å². The Hall–Kier alpha value is -2.86. The van der Waals surface area contributed by atoms with Crippen molar-refractivity contribution in [3.05, 3.63) is 57.6 Å². The predicted octanol–water partition coefficient (Wildman–Crippen LogP) is 6.51. The van der Waals surface area contributed by atoms with Crippen LogP contribution in [0, 0.1) is 20.8 Å². The summed E-state index contributed by atoms with van der Waals surface area (Å²) in [5, 5.41) is 10.3. The molecule has 0 radical (unpaired) electrons. The average molecular weight is 482 g/mol. The molecule has 0 aliphatic carbocycles. The van der Waals surface area contributed by atoms with Gasteiger partial charge in [0, 0.05) is 18.7 Å². The van der Waals surface area contributed by atoms with Crippen LogP contribution >= 0.6 is 0 Å². The van der Waals surface area contributed by atoms with Crippen molar-refractivity contribution < 1.29 is 24.2 Å². The van der Waals surface area contributed by atoms with E-state index in [4.69, 9.17) is 9.47 Å². The minimum Gasteiger partial charge on any atom is -0.479 e. The summed E-state index contributed by atoms with van der Waals surface area (Å²) >= 11 is 0. The molecule has 0 aromatic heterocycles. The zero-order valence-corrected chi connectivity index (χ0v) is 22.5. The number of fused-ring (bicyclic) bond motifs is 1. The van der Waals surface area contributed by atoms with E-state index >= 15 is 0 Å². The van der Waals surface area contributed by atoms with E-state index in [2.05, 4.69) is 0 Å². The number of carboxylic acids is 1. The fourth-order valence-corrected chi connectivity index (χ4v) is 4.71. The Morgan fingerprint density at radius 3 is 2.03 bits per heavy atom. The van der Waals surface area contributed by atoms with Crippen LogP contribution in [0.2, 0.25) is 0 Å². The minimum absolute atomic E-state index is 0.333. The Balaban J connectivity index is 2.23. The van der Waals surface area contributed by atoms with Crippen molar-refractivity contribution in [2.45, 2.75) is 92.6 Å². The molecular formula is C29H39NO5. The van der Waals surface area contributed by atoms with Crippen molar-refractivity contribution in [2.75, 3.05) is 6.54 Å². The Labute approximate surface area is 209 Å². The van der Waals surface area contributed by atoms with Crippen LogP contribution < -0.4 is 0 Å². The van der Waals surface area contributed by atoms with Crippen molar-refractivity contribution in [1.29, 1.82) is 0 Å². The van der Waals surface area contributed by atoms with E-state index < -0.39 is 23.3 Å². The van der Waals surface area contributed by atoms with E-state index in [1.165, 1.54) is 0 Å². The van der Waals surface area contributed by atoms with Gasteiger partial charge in [0.2, 0.25) is 0 Å². The second-order valence-electron chi connectivity index (χ2n) is 11.5. The molecule has 1 aliphatic rings. The van der Waals surface area contributed by atoms with Crippen LogP contribution in [0.25, 0.3) is 11.1 Å². The molecule has 35 heavy (non-hydrogen) atoms. The van der Waals surface area contributed by atoms with E-state index in [9.17, 15) is 14.7 Å². The summed E-state index contributed by atoms with van der Waals surface area (Å²) < 4.78 is 11.8. The highest BCUT2D eigenvalue weighted by Crippen LogP contribution is 2.42. The summed E-state index contributed by atoms with van der Waals surface area (Å²) in [4.78, 5) is 27.1. The third kappa shape index (κ3) is 6.04. The van der Waals surface area contributed by atoms with Crippen LogP contribution in [0.3, 0.4) is 0 Å². The maximum absolute atomic E-state index is 12.8. The number of carbonyl (C=O) groups is 2. The number of carboxylic acid groups (broad SMARTS) is 1. The highest BCUT2D eigenvalue weighted by molar-refractivity contribution is 5.84. The molecule has 1 atom stereocenters. The number of nitrogens with zero attached hydrogens (tertiary/aromatic N) is 1. The largest absolute Gasteiger partial charge is 0.479 e. The van der Waals surface area contributed by atoms with Crippen molar-refractivity contribution in [2.24, 2.45) is 0 Å². The molecule has 2 aromatic carbocycles. The third-order valence-electron chi connectivity index (χ3n) is 6.25. The molecule has 0 fully saturated rings. The summed E-state index contributed by atoms with van der Waals surface area (Å²) in [6, 6.07) is 8.11. The van der Waals surface area contributed by atoms with Gasteiger partial charge in [-0.05, 0) is 102 Å². The SMILES string of the molecule is Cc1ccc(-c2c(C)c3c(c(C)c2C(OC(C)(C)C)C(=O)O)CCN(C(=O)OC(C)(C)C)C3)cc1. The van der Waals surface area contributed by atoms with Gasteiger partial charge < -0.3 is 19.5 Å². The molecule has 1 heterocycles. The summed E-state index contributed by atoms with van der Waals surface area (Å²) in [6.07, 6.45) is -0.815. The van der Waals surface area contributed by atoms with Crippen LogP contribution in [-0.4, -0.2) is 39.8 Å². The lowest BCUT2D eigenvalue weighted by atomic mass is 9.80. The second-order valence-corrected chi connectivity index (χ2v) is 11.5. The summed E-state index contributed by atoms with van der Waals surface area (Å²) in [5.74, 6) is -1.01. The lowest BCUT2D eigenvalue weighted by Gasteiger charge is -2.36. The Kier molecular flexibility index (Phi) is 7.37. The normalized spacial score (nSPS) is 14.9. The Bertz CT molecular complexity index is 1120. The molecule has 3 rings (SSSR count). The number of aryl methyl sites for hydroxylation is 1. The van der Waals surface area contributed by atoms with E-state index in [1.54, 1.807) is 4.90 Å². The predicted molar refractivity (Wildman–Crippen MR) is 138 cm³/mol. The number of hydrogen-bond acceptors (Lipinski definition) is 4. The van der Waals surface area contributed by atoms with Gasteiger partial charge in [0.15, 0.2) is 6.10 Å². The molecule has 0 saturated carbocycles. The zero-order chi connectivity index (χ0) is 26.3.